The van der Waals surface area contributed by atoms with E-state index in [0.29, 0.717) is 17.5 Å². The minimum atomic E-state index is 0.281. The van der Waals surface area contributed by atoms with Crippen molar-refractivity contribution >= 4 is 27.5 Å². The Morgan fingerprint density at radius 3 is 1.78 bits per heavy atom. The summed E-state index contributed by atoms with van der Waals surface area (Å²) in [5.41, 5.74) is 10.4. The second-order valence-electron chi connectivity index (χ2n) is 12.4. The molecule has 232 valence electrons. The van der Waals surface area contributed by atoms with Gasteiger partial charge in [0.15, 0.2) is 17.5 Å². The lowest BCUT2D eigenvalue weighted by Gasteiger charge is -2.17. The van der Waals surface area contributed by atoms with E-state index >= 15 is 0 Å². The van der Waals surface area contributed by atoms with Gasteiger partial charge < -0.3 is 4.42 Å². The third-order valence-electron chi connectivity index (χ3n) is 9.30. The maximum atomic E-state index is 6.43. The molecule has 1 aliphatic rings. The van der Waals surface area contributed by atoms with Crippen LogP contribution in [0.5, 0.6) is 0 Å². The van der Waals surface area contributed by atoms with Crippen molar-refractivity contribution in [3.8, 4) is 45.0 Å². The Kier molecular flexibility index (Phi) is 7.25. The van der Waals surface area contributed by atoms with E-state index in [-0.39, 0.29) is 5.92 Å². The molecule has 0 saturated carbocycles. The fourth-order valence-corrected chi connectivity index (χ4v) is 6.76. The fraction of sp³-hybridized carbons (Fsp3) is 0.0444. The smallest absolute Gasteiger partial charge is 0.164 e. The van der Waals surface area contributed by atoms with Crippen molar-refractivity contribution in [1.29, 1.82) is 0 Å². The molecule has 8 aromatic rings. The van der Waals surface area contributed by atoms with Crippen LogP contribution < -0.4 is 0 Å². The van der Waals surface area contributed by atoms with E-state index in [2.05, 4.69) is 115 Å². The lowest BCUT2D eigenvalue weighted by Crippen LogP contribution is -2.05. The number of hydrogen-bond acceptors (Lipinski definition) is 4. The molecule has 0 N–H and O–H groups in total. The van der Waals surface area contributed by atoms with E-state index in [1.165, 1.54) is 16.7 Å². The summed E-state index contributed by atoms with van der Waals surface area (Å²) in [4.78, 5) is 15.3. The van der Waals surface area contributed by atoms with Gasteiger partial charge in [0.05, 0.1) is 0 Å². The highest BCUT2D eigenvalue weighted by Gasteiger charge is 2.21. The first-order chi connectivity index (χ1) is 24.3. The number of rotatable bonds is 6. The summed E-state index contributed by atoms with van der Waals surface area (Å²) in [5, 5.41) is 2.03. The molecule has 6 aromatic carbocycles. The van der Waals surface area contributed by atoms with Gasteiger partial charge in [0, 0.05) is 33.4 Å². The molecule has 0 radical (unpaired) electrons. The maximum Gasteiger partial charge on any atom is 0.164 e. The highest BCUT2D eigenvalue weighted by atomic mass is 16.3. The molecular formula is C45H31N3O. The van der Waals surface area contributed by atoms with Gasteiger partial charge in [-0.2, -0.15) is 0 Å². The van der Waals surface area contributed by atoms with Crippen LogP contribution in [0.1, 0.15) is 23.7 Å². The van der Waals surface area contributed by atoms with Crippen molar-refractivity contribution in [1.82, 2.24) is 15.0 Å². The molecular weight excluding hydrogens is 599 g/mol. The fourth-order valence-electron chi connectivity index (χ4n) is 6.76. The van der Waals surface area contributed by atoms with Crippen LogP contribution in [0.25, 0.3) is 72.5 Å². The Labute approximate surface area is 284 Å². The van der Waals surface area contributed by atoms with Gasteiger partial charge in [-0.15, -0.1) is 0 Å². The van der Waals surface area contributed by atoms with Gasteiger partial charge >= 0.3 is 0 Å². The first-order valence-corrected chi connectivity index (χ1v) is 16.6. The van der Waals surface area contributed by atoms with E-state index in [1.54, 1.807) is 0 Å². The number of nitrogens with zero attached hydrogens (tertiary/aromatic N) is 3. The third kappa shape index (κ3) is 5.53. The molecule has 2 aromatic heterocycles. The van der Waals surface area contributed by atoms with E-state index in [4.69, 9.17) is 19.4 Å². The Morgan fingerprint density at radius 1 is 0.490 bits per heavy atom. The number of benzene rings is 6. The third-order valence-corrected chi connectivity index (χ3v) is 9.30. The SMILES string of the molecule is C1=CC(c2ccc(-c3ccccc3)cc2)CC=C1c1nc(-c2ccccc2)nc(-c2cc(-c3ccccc3)cc3oc4ccccc4c23)n1. The summed E-state index contributed by atoms with van der Waals surface area (Å²) in [7, 11) is 0. The first-order valence-electron chi connectivity index (χ1n) is 16.6. The van der Waals surface area contributed by atoms with Crippen molar-refractivity contribution in [2.24, 2.45) is 0 Å². The van der Waals surface area contributed by atoms with Gasteiger partial charge in [0.25, 0.3) is 0 Å². The van der Waals surface area contributed by atoms with E-state index in [9.17, 15) is 0 Å². The molecule has 49 heavy (non-hydrogen) atoms. The predicted octanol–water partition coefficient (Wildman–Crippen LogP) is 11.6. The molecule has 4 heteroatoms. The zero-order chi connectivity index (χ0) is 32.6. The van der Waals surface area contributed by atoms with Crippen molar-refractivity contribution in [3.05, 3.63) is 181 Å². The van der Waals surface area contributed by atoms with Gasteiger partial charge in [-0.25, -0.2) is 15.0 Å². The summed E-state index contributed by atoms with van der Waals surface area (Å²) in [6.45, 7) is 0. The molecule has 1 unspecified atom stereocenters. The molecule has 1 atom stereocenters. The van der Waals surface area contributed by atoms with Crippen LogP contribution in [0.15, 0.2) is 174 Å². The zero-order valence-electron chi connectivity index (χ0n) is 26.7. The van der Waals surface area contributed by atoms with Crippen molar-refractivity contribution in [2.75, 3.05) is 0 Å². The standard InChI is InChI=1S/C45H31N3O/c1-4-12-30(13-5-1)32-20-22-33(23-21-32)34-24-26-36(27-25-34)44-46-43(35-16-8-3-9-17-35)47-45(48-44)39-28-37(31-14-6-2-7-15-31)29-41-42(39)38-18-10-11-19-40(38)49-41/h1-24,26-29,34H,25H2. The van der Waals surface area contributed by atoms with Crippen molar-refractivity contribution < 1.29 is 4.42 Å². The highest BCUT2D eigenvalue weighted by Crippen LogP contribution is 2.40. The number of hydrogen-bond donors (Lipinski definition) is 0. The number of furan rings is 1. The molecule has 0 fully saturated rings. The van der Waals surface area contributed by atoms with Crippen LogP contribution in [0.2, 0.25) is 0 Å². The van der Waals surface area contributed by atoms with Crippen LogP contribution in [-0.4, -0.2) is 15.0 Å². The normalized spacial score (nSPS) is 14.3. The molecule has 0 saturated heterocycles. The average molecular weight is 630 g/mol. The lowest BCUT2D eigenvalue weighted by atomic mass is 9.89. The number of para-hydroxylation sites is 1. The Bertz CT molecular complexity index is 2500. The second-order valence-corrected chi connectivity index (χ2v) is 12.4. The Hall–Kier alpha value is -6.39. The summed E-state index contributed by atoms with van der Waals surface area (Å²) >= 11 is 0. The molecule has 0 amide bonds. The molecule has 0 spiro atoms. The van der Waals surface area contributed by atoms with E-state index in [1.807, 2.05) is 54.6 Å². The van der Waals surface area contributed by atoms with Crippen molar-refractivity contribution in [2.45, 2.75) is 12.3 Å². The Morgan fingerprint density at radius 2 is 1.08 bits per heavy atom. The monoisotopic (exact) mass is 629 g/mol. The van der Waals surface area contributed by atoms with Gasteiger partial charge in [0.1, 0.15) is 11.2 Å². The topological polar surface area (TPSA) is 51.8 Å². The number of aromatic nitrogens is 3. The van der Waals surface area contributed by atoms with Crippen LogP contribution in [0.3, 0.4) is 0 Å². The molecule has 2 heterocycles. The Balaban J connectivity index is 1.14. The molecule has 0 aliphatic heterocycles. The van der Waals surface area contributed by atoms with E-state index < -0.39 is 0 Å². The molecule has 1 aliphatic carbocycles. The van der Waals surface area contributed by atoms with Crippen molar-refractivity contribution in [3.63, 3.8) is 0 Å². The zero-order valence-corrected chi connectivity index (χ0v) is 26.7. The van der Waals surface area contributed by atoms with Crippen LogP contribution >= 0.6 is 0 Å². The first kappa shape index (κ1) is 28.8. The molecule has 0 bridgehead atoms. The lowest BCUT2D eigenvalue weighted by molar-refractivity contribution is 0.669. The number of allylic oxidation sites excluding steroid dienone is 4. The summed E-state index contributed by atoms with van der Waals surface area (Å²) in [6, 6.07) is 52.4. The average Bonchev–Trinajstić information content (AvgIpc) is 3.57. The quantitative estimate of drug-likeness (QED) is 0.184. The minimum absolute atomic E-state index is 0.281. The summed E-state index contributed by atoms with van der Waals surface area (Å²) in [6.07, 6.45) is 7.55. The molecule has 4 nitrogen and oxygen atoms in total. The van der Waals surface area contributed by atoms with Gasteiger partial charge in [-0.05, 0) is 52.4 Å². The van der Waals surface area contributed by atoms with Gasteiger partial charge in [-0.1, -0.05) is 152 Å². The van der Waals surface area contributed by atoms with Gasteiger partial charge in [-0.3, -0.25) is 0 Å². The van der Waals surface area contributed by atoms with Crippen LogP contribution in [0.4, 0.5) is 0 Å². The van der Waals surface area contributed by atoms with Gasteiger partial charge in [0.2, 0.25) is 0 Å². The minimum Gasteiger partial charge on any atom is -0.456 e. The second kappa shape index (κ2) is 12.3. The highest BCUT2D eigenvalue weighted by molar-refractivity contribution is 6.13. The largest absolute Gasteiger partial charge is 0.456 e. The summed E-state index contributed by atoms with van der Waals surface area (Å²) in [5.74, 6) is 2.19. The van der Waals surface area contributed by atoms with Crippen LogP contribution in [-0.2, 0) is 0 Å². The number of fused-ring (bicyclic) bond motifs is 3. The molecule has 9 rings (SSSR count). The summed E-state index contributed by atoms with van der Waals surface area (Å²) < 4.78 is 6.43. The van der Waals surface area contributed by atoms with Crippen LogP contribution in [0, 0.1) is 0 Å². The maximum absolute atomic E-state index is 6.43. The van der Waals surface area contributed by atoms with E-state index in [0.717, 1.165) is 56.2 Å². The predicted molar refractivity (Wildman–Crippen MR) is 200 cm³/mol.